The standard InChI is InChI=1S/C17H12F5N3O/c1-8(23)15-24-13-4-2-3-12(17(20,21)22)14(13)16(26)25(15)11-6-9(18)5-10(19)7-11/h2-8H,23H2,1H3/t8-/m0/s1. The zero-order valence-corrected chi connectivity index (χ0v) is 13.3. The summed E-state index contributed by atoms with van der Waals surface area (Å²) in [5.41, 5.74) is 2.98. The smallest absolute Gasteiger partial charge is 0.322 e. The molecular formula is C17H12F5N3O. The molecule has 0 radical (unpaired) electrons. The van der Waals surface area contributed by atoms with E-state index in [1.165, 1.54) is 13.0 Å². The van der Waals surface area contributed by atoms with E-state index >= 15 is 0 Å². The highest BCUT2D eigenvalue weighted by atomic mass is 19.4. The maximum atomic E-state index is 13.6. The van der Waals surface area contributed by atoms with E-state index < -0.39 is 40.4 Å². The first-order valence-corrected chi connectivity index (χ1v) is 7.44. The van der Waals surface area contributed by atoms with Crippen LogP contribution in [0.2, 0.25) is 0 Å². The molecule has 0 aliphatic carbocycles. The molecule has 3 rings (SSSR count). The van der Waals surface area contributed by atoms with Crippen molar-refractivity contribution in [1.82, 2.24) is 9.55 Å². The molecule has 0 saturated carbocycles. The van der Waals surface area contributed by atoms with Crippen molar-refractivity contribution < 1.29 is 22.0 Å². The molecule has 0 amide bonds. The average molecular weight is 369 g/mol. The molecule has 0 aliphatic rings. The highest BCUT2D eigenvalue weighted by Crippen LogP contribution is 2.33. The van der Waals surface area contributed by atoms with Crippen molar-refractivity contribution in [3.63, 3.8) is 0 Å². The first-order valence-electron chi connectivity index (χ1n) is 7.44. The van der Waals surface area contributed by atoms with Crippen molar-refractivity contribution in [3.8, 4) is 5.69 Å². The summed E-state index contributed by atoms with van der Waals surface area (Å²) in [6.45, 7) is 1.45. The fourth-order valence-electron chi connectivity index (χ4n) is 2.71. The lowest BCUT2D eigenvalue weighted by Crippen LogP contribution is -2.29. The summed E-state index contributed by atoms with van der Waals surface area (Å²) >= 11 is 0. The molecule has 3 aromatic rings. The number of hydrogen-bond acceptors (Lipinski definition) is 3. The number of hydrogen-bond donors (Lipinski definition) is 1. The summed E-state index contributed by atoms with van der Waals surface area (Å²) in [5.74, 6) is -2.11. The Morgan fingerprint density at radius 2 is 1.73 bits per heavy atom. The Hall–Kier alpha value is -2.81. The monoisotopic (exact) mass is 369 g/mol. The molecule has 2 aromatic carbocycles. The van der Waals surface area contributed by atoms with E-state index in [4.69, 9.17) is 5.73 Å². The molecule has 1 heterocycles. The highest BCUT2D eigenvalue weighted by molar-refractivity contribution is 5.82. The summed E-state index contributed by atoms with van der Waals surface area (Å²) in [7, 11) is 0. The Bertz CT molecular complexity index is 1040. The molecule has 1 aromatic heterocycles. The van der Waals surface area contributed by atoms with Gasteiger partial charge in [-0.3, -0.25) is 9.36 Å². The van der Waals surface area contributed by atoms with Gasteiger partial charge in [-0.2, -0.15) is 13.2 Å². The minimum atomic E-state index is -4.80. The zero-order valence-electron chi connectivity index (χ0n) is 13.3. The Morgan fingerprint density at radius 1 is 1.12 bits per heavy atom. The summed E-state index contributed by atoms with van der Waals surface area (Å²) in [6.07, 6.45) is -4.80. The molecule has 9 heteroatoms. The van der Waals surface area contributed by atoms with E-state index in [2.05, 4.69) is 4.98 Å². The van der Waals surface area contributed by atoms with E-state index in [-0.39, 0.29) is 17.0 Å². The number of aromatic nitrogens is 2. The molecule has 0 spiro atoms. The second-order valence-electron chi connectivity index (χ2n) is 5.72. The maximum absolute atomic E-state index is 13.6. The largest absolute Gasteiger partial charge is 0.417 e. The van der Waals surface area contributed by atoms with Crippen LogP contribution < -0.4 is 11.3 Å². The number of nitrogens with two attached hydrogens (primary N) is 1. The van der Waals surface area contributed by atoms with Gasteiger partial charge in [-0.25, -0.2) is 13.8 Å². The summed E-state index contributed by atoms with van der Waals surface area (Å²) < 4.78 is 67.7. The van der Waals surface area contributed by atoms with Crippen LogP contribution in [0.25, 0.3) is 16.6 Å². The normalized spacial score (nSPS) is 13.2. The van der Waals surface area contributed by atoms with Crippen LogP contribution in [0.4, 0.5) is 22.0 Å². The minimum absolute atomic E-state index is 0.119. The van der Waals surface area contributed by atoms with Crippen LogP contribution in [0, 0.1) is 11.6 Å². The van der Waals surface area contributed by atoms with Crippen molar-refractivity contribution in [2.75, 3.05) is 0 Å². The van der Waals surface area contributed by atoms with Gasteiger partial charge in [0, 0.05) is 6.07 Å². The second kappa shape index (κ2) is 6.17. The molecule has 1 atom stereocenters. The Kier molecular flexibility index (Phi) is 4.27. The van der Waals surface area contributed by atoms with Gasteiger partial charge in [0.15, 0.2) is 0 Å². The molecule has 0 bridgehead atoms. The van der Waals surface area contributed by atoms with E-state index in [0.717, 1.165) is 24.3 Å². The Labute approximate surface area is 143 Å². The lowest BCUT2D eigenvalue weighted by atomic mass is 10.1. The van der Waals surface area contributed by atoms with E-state index in [9.17, 15) is 26.7 Å². The molecule has 4 nitrogen and oxygen atoms in total. The van der Waals surface area contributed by atoms with Gasteiger partial charge in [-0.05, 0) is 31.2 Å². The van der Waals surface area contributed by atoms with E-state index in [1.54, 1.807) is 0 Å². The number of alkyl halides is 3. The molecule has 136 valence electrons. The van der Waals surface area contributed by atoms with Crippen LogP contribution in [0.5, 0.6) is 0 Å². The molecule has 0 aliphatic heterocycles. The Morgan fingerprint density at radius 3 is 2.27 bits per heavy atom. The number of fused-ring (bicyclic) bond motifs is 1. The number of halogens is 5. The molecule has 0 unspecified atom stereocenters. The van der Waals surface area contributed by atoms with Gasteiger partial charge in [-0.1, -0.05) is 6.07 Å². The van der Waals surface area contributed by atoms with Crippen molar-refractivity contribution in [1.29, 1.82) is 0 Å². The van der Waals surface area contributed by atoms with E-state index in [1.807, 2.05) is 0 Å². The van der Waals surface area contributed by atoms with Gasteiger partial charge < -0.3 is 5.73 Å². The average Bonchev–Trinajstić information content (AvgIpc) is 2.52. The van der Waals surface area contributed by atoms with Crippen LogP contribution >= 0.6 is 0 Å². The molecular weight excluding hydrogens is 357 g/mol. The van der Waals surface area contributed by atoms with Crippen molar-refractivity contribution in [3.05, 3.63) is 69.8 Å². The van der Waals surface area contributed by atoms with Crippen LogP contribution in [0.1, 0.15) is 24.4 Å². The zero-order chi connectivity index (χ0) is 19.2. The lowest BCUT2D eigenvalue weighted by Gasteiger charge is -2.18. The fourth-order valence-corrected chi connectivity index (χ4v) is 2.71. The SMILES string of the molecule is C[C@H](N)c1nc2cccc(C(F)(F)F)c2c(=O)n1-c1cc(F)cc(F)c1. The molecule has 0 saturated heterocycles. The van der Waals surface area contributed by atoms with Gasteiger partial charge in [0.05, 0.1) is 28.2 Å². The van der Waals surface area contributed by atoms with Crippen molar-refractivity contribution in [2.24, 2.45) is 5.73 Å². The highest BCUT2D eigenvalue weighted by Gasteiger charge is 2.34. The number of rotatable bonds is 2. The van der Waals surface area contributed by atoms with Crippen molar-refractivity contribution in [2.45, 2.75) is 19.1 Å². The predicted molar refractivity (Wildman–Crippen MR) is 84.9 cm³/mol. The van der Waals surface area contributed by atoms with Crippen LogP contribution in [0.15, 0.2) is 41.2 Å². The van der Waals surface area contributed by atoms with Crippen molar-refractivity contribution >= 4 is 10.9 Å². The first-order chi connectivity index (χ1) is 12.1. The first kappa shape index (κ1) is 18.0. The fraction of sp³-hybridized carbons (Fsp3) is 0.176. The van der Waals surface area contributed by atoms with Gasteiger partial charge in [-0.15, -0.1) is 0 Å². The van der Waals surface area contributed by atoms with E-state index in [0.29, 0.717) is 10.6 Å². The summed E-state index contributed by atoms with van der Waals surface area (Å²) in [5, 5.41) is -0.700. The number of benzene rings is 2. The quantitative estimate of drug-likeness (QED) is 0.701. The van der Waals surface area contributed by atoms with Crippen LogP contribution in [-0.2, 0) is 6.18 Å². The third kappa shape index (κ3) is 3.05. The van der Waals surface area contributed by atoms with Gasteiger partial charge in [0.2, 0.25) is 0 Å². The Balaban J connectivity index is 2.50. The summed E-state index contributed by atoms with van der Waals surface area (Å²) in [6, 6.07) is 4.44. The van der Waals surface area contributed by atoms with Gasteiger partial charge in [0.1, 0.15) is 17.5 Å². The third-order valence-corrected chi connectivity index (χ3v) is 3.74. The predicted octanol–water partition coefficient (Wildman–Crippen LogP) is 3.70. The number of nitrogens with zero attached hydrogens (tertiary/aromatic N) is 2. The van der Waals surface area contributed by atoms with Crippen LogP contribution in [-0.4, -0.2) is 9.55 Å². The second-order valence-corrected chi connectivity index (χ2v) is 5.72. The lowest BCUT2D eigenvalue weighted by molar-refractivity contribution is -0.136. The minimum Gasteiger partial charge on any atom is -0.322 e. The van der Waals surface area contributed by atoms with Gasteiger partial charge >= 0.3 is 6.18 Å². The summed E-state index contributed by atoms with van der Waals surface area (Å²) in [4.78, 5) is 16.9. The maximum Gasteiger partial charge on any atom is 0.417 e. The van der Waals surface area contributed by atoms with Gasteiger partial charge in [0.25, 0.3) is 5.56 Å². The third-order valence-electron chi connectivity index (χ3n) is 3.74. The molecule has 2 N–H and O–H groups in total. The topological polar surface area (TPSA) is 60.9 Å². The van der Waals surface area contributed by atoms with Crippen LogP contribution in [0.3, 0.4) is 0 Å². The molecule has 26 heavy (non-hydrogen) atoms. The molecule has 0 fully saturated rings.